The van der Waals surface area contributed by atoms with Gasteiger partial charge < -0.3 is 15.5 Å². The van der Waals surface area contributed by atoms with E-state index >= 15 is 0 Å². The lowest BCUT2D eigenvalue weighted by molar-refractivity contribution is -0.127. The van der Waals surface area contributed by atoms with Crippen molar-refractivity contribution in [2.24, 2.45) is 0 Å². The van der Waals surface area contributed by atoms with E-state index < -0.39 is 0 Å². The van der Waals surface area contributed by atoms with Crippen molar-refractivity contribution in [3.05, 3.63) is 0 Å². The largest absolute Gasteiger partial charge is 0.353 e. The van der Waals surface area contributed by atoms with E-state index in [1.165, 1.54) is 0 Å². The fourth-order valence-electron chi connectivity index (χ4n) is 3.16. The van der Waals surface area contributed by atoms with E-state index in [2.05, 4.69) is 41.5 Å². The molecule has 0 aromatic carbocycles. The van der Waals surface area contributed by atoms with Gasteiger partial charge in [-0.25, -0.2) is 0 Å². The fraction of sp³-hybridized carbons (Fsp3) is 0.929. The van der Waals surface area contributed by atoms with Gasteiger partial charge in [-0.2, -0.15) is 0 Å². The molecule has 2 aliphatic heterocycles. The van der Waals surface area contributed by atoms with Crippen LogP contribution in [0.3, 0.4) is 0 Å². The van der Waals surface area contributed by atoms with Gasteiger partial charge >= 0.3 is 0 Å². The van der Waals surface area contributed by atoms with Crippen LogP contribution in [0, 0.1) is 0 Å². The standard InChI is InChI=1S/C14H28N4O/c1-4-14(6-5-7-16-14)13(19)15-10-12-11-17(2)8-9-18(12)3/h12,16H,4-11H2,1-3H3,(H,15,19). The van der Waals surface area contributed by atoms with Crippen LogP contribution in [0.25, 0.3) is 0 Å². The Labute approximate surface area is 116 Å². The Kier molecular flexibility index (Phi) is 4.81. The van der Waals surface area contributed by atoms with Crippen molar-refractivity contribution in [3.8, 4) is 0 Å². The van der Waals surface area contributed by atoms with Crippen LogP contribution in [0.2, 0.25) is 0 Å². The number of hydrogen-bond donors (Lipinski definition) is 2. The Hall–Kier alpha value is -0.650. The van der Waals surface area contributed by atoms with E-state index in [-0.39, 0.29) is 11.4 Å². The third-order valence-electron chi connectivity index (χ3n) is 4.76. The van der Waals surface area contributed by atoms with Crippen LogP contribution in [0.1, 0.15) is 26.2 Å². The van der Waals surface area contributed by atoms with E-state index in [1.54, 1.807) is 0 Å². The average Bonchev–Trinajstić information content (AvgIpc) is 2.89. The first kappa shape index (κ1) is 14.8. The number of carbonyl (C=O) groups excluding carboxylic acids is 1. The fourth-order valence-corrected chi connectivity index (χ4v) is 3.16. The zero-order chi connectivity index (χ0) is 13.9. The average molecular weight is 268 g/mol. The summed E-state index contributed by atoms with van der Waals surface area (Å²) in [6.45, 7) is 7.04. The summed E-state index contributed by atoms with van der Waals surface area (Å²) < 4.78 is 0. The molecule has 2 aliphatic rings. The summed E-state index contributed by atoms with van der Waals surface area (Å²) in [5.41, 5.74) is -0.306. The van der Waals surface area contributed by atoms with E-state index in [4.69, 9.17) is 0 Å². The van der Waals surface area contributed by atoms with Crippen molar-refractivity contribution in [3.63, 3.8) is 0 Å². The van der Waals surface area contributed by atoms with Gasteiger partial charge in [-0.1, -0.05) is 6.92 Å². The molecule has 0 saturated carbocycles. The molecule has 110 valence electrons. The monoisotopic (exact) mass is 268 g/mol. The van der Waals surface area contributed by atoms with Gasteiger partial charge in [0, 0.05) is 32.2 Å². The highest BCUT2D eigenvalue weighted by Crippen LogP contribution is 2.23. The second-order valence-electron chi connectivity index (χ2n) is 6.07. The third kappa shape index (κ3) is 3.27. The first-order chi connectivity index (χ1) is 9.07. The molecule has 0 aromatic heterocycles. The van der Waals surface area contributed by atoms with Crippen LogP contribution in [-0.2, 0) is 4.79 Å². The number of piperazine rings is 1. The zero-order valence-electron chi connectivity index (χ0n) is 12.5. The maximum Gasteiger partial charge on any atom is 0.240 e. The van der Waals surface area contributed by atoms with Crippen molar-refractivity contribution in [2.45, 2.75) is 37.8 Å². The molecular formula is C14H28N4O. The molecule has 0 aromatic rings. The van der Waals surface area contributed by atoms with Crippen LogP contribution in [0.15, 0.2) is 0 Å². The lowest BCUT2D eigenvalue weighted by Gasteiger charge is -2.38. The van der Waals surface area contributed by atoms with Crippen molar-refractivity contribution < 1.29 is 4.79 Å². The minimum atomic E-state index is -0.306. The Bertz CT molecular complexity index is 315. The molecule has 2 heterocycles. The molecule has 2 saturated heterocycles. The minimum Gasteiger partial charge on any atom is -0.353 e. The van der Waals surface area contributed by atoms with Gasteiger partial charge in [0.25, 0.3) is 0 Å². The molecule has 19 heavy (non-hydrogen) atoms. The van der Waals surface area contributed by atoms with Gasteiger partial charge in [-0.05, 0) is 39.9 Å². The summed E-state index contributed by atoms with van der Waals surface area (Å²) in [5, 5.41) is 6.56. The first-order valence-corrected chi connectivity index (χ1v) is 7.49. The Morgan fingerprint density at radius 1 is 1.42 bits per heavy atom. The molecule has 1 amide bonds. The predicted molar refractivity (Wildman–Crippen MR) is 77.2 cm³/mol. The van der Waals surface area contributed by atoms with Gasteiger partial charge in [0.2, 0.25) is 5.91 Å². The van der Waals surface area contributed by atoms with E-state index in [0.29, 0.717) is 6.04 Å². The minimum absolute atomic E-state index is 0.189. The van der Waals surface area contributed by atoms with Crippen LogP contribution in [0.5, 0.6) is 0 Å². The summed E-state index contributed by atoms with van der Waals surface area (Å²) in [5.74, 6) is 0.189. The zero-order valence-corrected chi connectivity index (χ0v) is 12.5. The second-order valence-corrected chi connectivity index (χ2v) is 6.07. The van der Waals surface area contributed by atoms with E-state index in [1.807, 2.05) is 0 Å². The highest BCUT2D eigenvalue weighted by atomic mass is 16.2. The van der Waals surface area contributed by atoms with Crippen molar-refractivity contribution in [1.29, 1.82) is 0 Å². The molecule has 5 nitrogen and oxygen atoms in total. The molecule has 2 fully saturated rings. The number of likely N-dealkylation sites (N-methyl/N-ethyl adjacent to an activating group) is 2. The highest BCUT2D eigenvalue weighted by molar-refractivity contribution is 5.86. The number of hydrogen-bond acceptors (Lipinski definition) is 4. The molecule has 2 atom stereocenters. The highest BCUT2D eigenvalue weighted by Gasteiger charge is 2.39. The normalized spacial score (nSPS) is 33.5. The molecule has 0 aliphatic carbocycles. The quantitative estimate of drug-likeness (QED) is 0.746. The maximum absolute atomic E-state index is 12.4. The van der Waals surface area contributed by atoms with Gasteiger partial charge in [0.15, 0.2) is 0 Å². The Morgan fingerprint density at radius 3 is 2.84 bits per heavy atom. The van der Waals surface area contributed by atoms with Gasteiger partial charge in [-0.15, -0.1) is 0 Å². The van der Waals surface area contributed by atoms with Crippen LogP contribution >= 0.6 is 0 Å². The number of amides is 1. The SMILES string of the molecule is CCC1(C(=O)NCC2CN(C)CCN2C)CCCN1. The molecule has 5 heteroatoms. The number of nitrogens with zero attached hydrogens (tertiary/aromatic N) is 2. The first-order valence-electron chi connectivity index (χ1n) is 7.49. The van der Waals surface area contributed by atoms with Crippen molar-refractivity contribution in [1.82, 2.24) is 20.4 Å². The second kappa shape index (κ2) is 6.20. The van der Waals surface area contributed by atoms with Crippen molar-refractivity contribution >= 4 is 5.91 Å². The molecule has 2 rings (SSSR count). The van der Waals surface area contributed by atoms with E-state index in [9.17, 15) is 4.79 Å². The summed E-state index contributed by atoms with van der Waals surface area (Å²) in [6, 6.07) is 0.429. The Balaban J connectivity index is 1.85. The summed E-state index contributed by atoms with van der Waals surface area (Å²) in [7, 11) is 4.29. The lowest BCUT2D eigenvalue weighted by Crippen LogP contribution is -2.58. The number of rotatable bonds is 4. The number of carbonyl (C=O) groups is 1. The summed E-state index contributed by atoms with van der Waals surface area (Å²) in [6.07, 6.45) is 2.95. The third-order valence-corrected chi connectivity index (χ3v) is 4.76. The van der Waals surface area contributed by atoms with Crippen LogP contribution in [0.4, 0.5) is 0 Å². The molecule has 0 spiro atoms. The van der Waals surface area contributed by atoms with Crippen molar-refractivity contribution in [2.75, 3.05) is 46.8 Å². The van der Waals surface area contributed by atoms with Crippen LogP contribution < -0.4 is 10.6 Å². The Morgan fingerprint density at radius 2 is 2.21 bits per heavy atom. The number of nitrogens with one attached hydrogen (secondary N) is 2. The topological polar surface area (TPSA) is 47.6 Å². The molecular weight excluding hydrogens is 240 g/mol. The van der Waals surface area contributed by atoms with E-state index in [0.717, 1.165) is 52.0 Å². The van der Waals surface area contributed by atoms with Crippen LogP contribution in [-0.4, -0.2) is 74.1 Å². The molecule has 2 unspecified atom stereocenters. The smallest absolute Gasteiger partial charge is 0.240 e. The van der Waals surface area contributed by atoms with Gasteiger partial charge in [0.1, 0.15) is 0 Å². The molecule has 0 bridgehead atoms. The summed E-state index contributed by atoms with van der Waals surface area (Å²) in [4.78, 5) is 17.1. The lowest BCUT2D eigenvalue weighted by atomic mass is 9.93. The molecule has 0 radical (unpaired) electrons. The molecule has 2 N–H and O–H groups in total. The summed E-state index contributed by atoms with van der Waals surface area (Å²) >= 11 is 0. The van der Waals surface area contributed by atoms with Gasteiger partial charge in [-0.3, -0.25) is 9.69 Å². The van der Waals surface area contributed by atoms with Gasteiger partial charge in [0.05, 0.1) is 5.54 Å². The maximum atomic E-state index is 12.4. The predicted octanol–water partition coefficient (Wildman–Crippen LogP) is -0.119.